The Balaban J connectivity index is 1.31. The topological polar surface area (TPSA) is 115 Å². The first kappa shape index (κ1) is 20.2. The van der Waals surface area contributed by atoms with Gasteiger partial charge in [-0.2, -0.15) is 0 Å². The molecule has 1 aromatic carbocycles. The van der Waals surface area contributed by atoms with Crippen molar-refractivity contribution in [3.05, 3.63) is 53.7 Å². The Morgan fingerprint density at radius 3 is 2.67 bits per heavy atom. The maximum Gasteiger partial charge on any atom is 0.547 e. The van der Waals surface area contributed by atoms with Crippen molar-refractivity contribution in [2.24, 2.45) is 0 Å². The summed E-state index contributed by atoms with van der Waals surface area (Å²) in [5.41, 5.74) is 0.650. The Morgan fingerprint density at radius 2 is 1.97 bits per heavy atom. The van der Waals surface area contributed by atoms with Crippen molar-refractivity contribution in [2.45, 2.75) is 12.4 Å². The maximum atomic E-state index is 12.5. The molecule has 3 N–H and O–H groups in total. The number of anilines is 1. The zero-order valence-corrected chi connectivity index (χ0v) is 16.4. The molecule has 0 saturated carbocycles. The minimum Gasteiger partial charge on any atom is -0.534 e. The van der Waals surface area contributed by atoms with E-state index in [2.05, 4.69) is 20.1 Å². The Morgan fingerprint density at radius 1 is 1.17 bits per heavy atom. The van der Waals surface area contributed by atoms with E-state index in [9.17, 15) is 19.7 Å². The number of hydrogen-bond acceptors (Lipinski definition) is 7. The van der Waals surface area contributed by atoms with Crippen LogP contribution in [0.5, 0.6) is 5.75 Å². The van der Waals surface area contributed by atoms with E-state index in [1.807, 2.05) is 18.2 Å². The maximum absolute atomic E-state index is 12.5. The van der Waals surface area contributed by atoms with Gasteiger partial charge in [-0.3, -0.25) is 9.69 Å². The molecule has 156 valence electrons. The predicted octanol–water partition coefficient (Wildman–Crippen LogP) is 0.0414. The quantitative estimate of drug-likeness (QED) is 0.592. The molecule has 2 aliphatic heterocycles. The van der Waals surface area contributed by atoms with Crippen LogP contribution in [0.2, 0.25) is 0 Å². The number of nitrogens with one attached hydrogen (secondary N) is 1. The van der Waals surface area contributed by atoms with Crippen LogP contribution < -0.4 is 14.9 Å². The Labute approximate surface area is 174 Å². The average molecular weight is 410 g/mol. The normalized spacial score (nSPS) is 19.0. The first-order valence-electron chi connectivity index (χ1n) is 9.89. The number of nitrogens with zero attached hydrogens (tertiary/aromatic N) is 3. The highest BCUT2D eigenvalue weighted by atomic mass is 16.5. The van der Waals surface area contributed by atoms with E-state index in [1.54, 1.807) is 18.3 Å². The van der Waals surface area contributed by atoms with E-state index in [1.165, 1.54) is 6.07 Å². The summed E-state index contributed by atoms with van der Waals surface area (Å²) in [6.07, 6.45) is 2.07. The molecule has 2 aliphatic rings. The second-order valence-electron chi connectivity index (χ2n) is 7.44. The molecule has 0 radical (unpaired) electrons. The number of benzene rings is 1. The van der Waals surface area contributed by atoms with Crippen LogP contribution in [-0.4, -0.2) is 77.7 Å². The second kappa shape index (κ2) is 8.72. The van der Waals surface area contributed by atoms with Gasteiger partial charge in [0, 0.05) is 32.4 Å². The molecule has 4 rings (SSSR count). The molecule has 9 nitrogen and oxygen atoms in total. The minimum absolute atomic E-state index is 0.00195. The van der Waals surface area contributed by atoms with E-state index in [4.69, 9.17) is 4.65 Å². The molecular formula is C20H23BN4O5. The summed E-state index contributed by atoms with van der Waals surface area (Å²) in [6, 6.07) is 10.6. The Hall–Kier alpha value is -3.11. The minimum atomic E-state index is -1.30. The van der Waals surface area contributed by atoms with Crippen LogP contribution >= 0.6 is 0 Å². The fourth-order valence-electron chi connectivity index (χ4n) is 3.85. The second-order valence-corrected chi connectivity index (χ2v) is 7.44. The van der Waals surface area contributed by atoms with Crippen molar-refractivity contribution >= 4 is 24.8 Å². The molecule has 0 unspecified atom stereocenters. The van der Waals surface area contributed by atoms with E-state index in [0.29, 0.717) is 12.0 Å². The first-order valence-corrected chi connectivity index (χ1v) is 9.89. The zero-order valence-electron chi connectivity index (χ0n) is 16.4. The summed E-state index contributed by atoms with van der Waals surface area (Å²) < 4.78 is 5.42. The summed E-state index contributed by atoms with van der Waals surface area (Å²) in [4.78, 5) is 32.5. The summed E-state index contributed by atoms with van der Waals surface area (Å²) in [5, 5.41) is 22.4. The van der Waals surface area contributed by atoms with E-state index < -0.39 is 19.0 Å². The number of amides is 1. The summed E-state index contributed by atoms with van der Waals surface area (Å²) in [7, 11) is -1.30. The van der Waals surface area contributed by atoms with Gasteiger partial charge in [0.25, 0.3) is 0 Å². The lowest BCUT2D eigenvalue weighted by molar-refractivity contribution is -0.122. The van der Waals surface area contributed by atoms with Crippen LogP contribution in [0.25, 0.3) is 0 Å². The van der Waals surface area contributed by atoms with Crippen LogP contribution in [0.15, 0.2) is 42.6 Å². The van der Waals surface area contributed by atoms with Crippen molar-refractivity contribution in [1.29, 1.82) is 0 Å². The van der Waals surface area contributed by atoms with Crippen LogP contribution in [-0.2, 0) is 11.2 Å². The standard InChI is InChI=1S/C20H23BN4O5/c26-18(13-24-8-10-25(11-9-24)17-6-1-2-7-22-17)23-16-12-14-4-3-5-15(20(27)28)19(14)30-21(16)29/h1-7,16,29H,8-13H2,(H,23,26)(H,27,28)/t16-/m0/s1. The number of carbonyl (C=O) groups excluding carboxylic acids is 1. The summed E-state index contributed by atoms with van der Waals surface area (Å²) in [5.74, 6) is -0.862. The first-order chi connectivity index (χ1) is 14.5. The highest BCUT2D eigenvalue weighted by Gasteiger charge is 2.38. The number of para-hydroxylation sites is 1. The smallest absolute Gasteiger partial charge is 0.534 e. The number of fused-ring (bicyclic) bond motifs is 1. The van der Waals surface area contributed by atoms with E-state index >= 15 is 0 Å². The predicted molar refractivity (Wildman–Crippen MR) is 111 cm³/mol. The van der Waals surface area contributed by atoms with Gasteiger partial charge >= 0.3 is 13.1 Å². The molecule has 2 aromatic rings. The molecular weight excluding hydrogens is 387 g/mol. The number of hydrogen-bond donors (Lipinski definition) is 3. The molecule has 0 aliphatic carbocycles. The molecule has 1 atom stereocenters. The number of pyridine rings is 1. The molecule has 1 saturated heterocycles. The molecule has 0 spiro atoms. The lowest BCUT2D eigenvalue weighted by Crippen LogP contribution is -2.56. The number of aromatic carboxylic acids is 1. The van der Waals surface area contributed by atoms with Gasteiger partial charge in [-0.05, 0) is 30.2 Å². The van der Waals surface area contributed by atoms with Gasteiger partial charge in [0.2, 0.25) is 5.91 Å². The fourth-order valence-corrected chi connectivity index (χ4v) is 3.85. The largest absolute Gasteiger partial charge is 0.547 e. The van der Waals surface area contributed by atoms with Crippen molar-refractivity contribution in [2.75, 3.05) is 37.6 Å². The molecule has 10 heteroatoms. The molecule has 30 heavy (non-hydrogen) atoms. The average Bonchev–Trinajstić information content (AvgIpc) is 2.75. The van der Waals surface area contributed by atoms with E-state index in [-0.39, 0.29) is 23.8 Å². The highest BCUT2D eigenvalue weighted by Crippen LogP contribution is 2.30. The van der Waals surface area contributed by atoms with Gasteiger partial charge in [0.05, 0.1) is 18.0 Å². The van der Waals surface area contributed by atoms with Crippen LogP contribution in [0.3, 0.4) is 0 Å². The molecule has 1 fully saturated rings. The van der Waals surface area contributed by atoms with Crippen LogP contribution in [0.4, 0.5) is 5.82 Å². The Kier molecular flexibility index (Phi) is 5.87. The van der Waals surface area contributed by atoms with Crippen molar-refractivity contribution in [1.82, 2.24) is 15.2 Å². The number of aromatic nitrogens is 1. The third-order valence-corrected chi connectivity index (χ3v) is 5.41. The van der Waals surface area contributed by atoms with Gasteiger partial charge in [0.1, 0.15) is 11.6 Å². The van der Waals surface area contributed by atoms with Gasteiger partial charge in [-0.1, -0.05) is 18.2 Å². The molecule has 1 amide bonds. The molecule has 3 heterocycles. The highest BCUT2D eigenvalue weighted by molar-refractivity contribution is 6.47. The third kappa shape index (κ3) is 4.39. The number of rotatable bonds is 5. The third-order valence-electron chi connectivity index (χ3n) is 5.41. The van der Waals surface area contributed by atoms with Crippen molar-refractivity contribution in [3.63, 3.8) is 0 Å². The lowest BCUT2D eigenvalue weighted by atomic mass is 9.72. The zero-order chi connectivity index (χ0) is 21.1. The number of carboxylic acid groups (broad SMARTS) is 1. The van der Waals surface area contributed by atoms with Gasteiger partial charge < -0.3 is 25.0 Å². The van der Waals surface area contributed by atoms with Gasteiger partial charge in [-0.15, -0.1) is 0 Å². The lowest BCUT2D eigenvalue weighted by Gasteiger charge is -2.35. The Bertz CT molecular complexity index is 921. The molecule has 1 aromatic heterocycles. The number of carbonyl (C=O) groups is 2. The van der Waals surface area contributed by atoms with Gasteiger partial charge in [0.15, 0.2) is 0 Å². The number of carboxylic acids is 1. The monoisotopic (exact) mass is 410 g/mol. The summed E-state index contributed by atoms with van der Waals surface area (Å²) in [6.45, 7) is 3.26. The van der Waals surface area contributed by atoms with Crippen molar-refractivity contribution < 1.29 is 24.4 Å². The van der Waals surface area contributed by atoms with Crippen LogP contribution in [0.1, 0.15) is 15.9 Å². The van der Waals surface area contributed by atoms with E-state index in [0.717, 1.165) is 32.0 Å². The number of piperazine rings is 1. The summed E-state index contributed by atoms with van der Waals surface area (Å²) >= 11 is 0. The van der Waals surface area contributed by atoms with Crippen molar-refractivity contribution in [3.8, 4) is 5.75 Å². The SMILES string of the molecule is O=C(CN1CCN(c2ccccn2)CC1)N[C@H]1Cc2cccc(C(=O)O)c2OB1O. The molecule has 0 bridgehead atoms. The fraction of sp³-hybridized carbons (Fsp3) is 0.350. The van der Waals surface area contributed by atoms with Gasteiger partial charge in [-0.25, -0.2) is 9.78 Å². The van der Waals surface area contributed by atoms with Crippen LogP contribution in [0, 0.1) is 0 Å².